The van der Waals surface area contributed by atoms with Gasteiger partial charge in [0, 0.05) is 5.69 Å². The second-order valence-corrected chi connectivity index (χ2v) is 9.23. The Bertz CT molecular complexity index is 1190. The minimum atomic E-state index is -3.98. The molecule has 0 aliphatic carbocycles. The van der Waals surface area contributed by atoms with Gasteiger partial charge in [0.25, 0.3) is 0 Å². The van der Waals surface area contributed by atoms with Crippen LogP contribution < -0.4 is 19.5 Å². The molecular formula is C24H25ClN2O5S. The zero-order chi connectivity index (χ0) is 23.8. The molecule has 9 heteroatoms. The molecule has 3 aromatic carbocycles. The Hall–Kier alpha value is -3.07. The number of ether oxygens (including phenoxy) is 2. The largest absolute Gasteiger partial charge is 0.495 e. The summed E-state index contributed by atoms with van der Waals surface area (Å²) in [6, 6.07) is 18.9. The molecule has 1 atom stereocenters. The molecule has 174 valence electrons. The number of rotatable bonds is 10. The lowest BCUT2D eigenvalue weighted by atomic mass is 10.1. The third kappa shape index (κ3) is 6.71. The summed E-state index contributed by atoms with van der Waals surface area (Å²) in [4.78, 5) is 13.1. The molecule has 0 saturated heterocycles. The molecule has 3 rings (SSSR count). The molecule has 0 bridgehead atoms. The topological polar surface area (TPSA) is 93.7 Å². The van der Waals surface area contributed by atoms with Gasteiger partial charge in [-0.05, 0) is 61.4 Å². The lowest BCUT2D eigenvalue weighted by Crippen LogP contribution is -2.45. The maximum atomic E-state index is 13.1. The first-order valence-electron chi connectivity index (χ1n) is 10.3. The van der Waals surface area contributed by atoms with Gasteiger partial charge in [0.05, 0.1) is 23.6 Å². The quantitative estimate of drug-likeness (QED) is 0.444. The first kappa shape index (κ1) is 24.6. The molecule has 3 aromatic rings. The Kier molecular flexibility index (Phi) is 8.32. The van der Waals surface area contributed by atoms with Gasteiger partial charge in [0.1, 0.15) is 17.5 Å². The first-order chi connectivity index (χ1) is 15.8. The Labute approximate surface area is 198 Å². The molecule has 7 nitrogen and oxygen atoms in total. The van der Waals surface area contributed by atoms with Gasteiger partial charge >= 0.3 is 0 Å². The van der Waals surface area contributed by atoms with E-state index in [1.165, 1.54) is 19.2 Å². The van der Waals surface area contributed by atoms with Crippen LogP contribution in [0.25, 0.3) is 0 Å². The first-order valence-corrected chi connectivity index (χ1v) is 12.1. The van der Waals surface area contributed by atoms with E-state index < -0.39 is 22.0 Å². The Balaban J connectivity index is 1.84. The van der Waals surface area contributed by atoms with Gasteiger partial charge in [0.2, 0.25) is 15.9 Å². The van der Waals surface area contributed by atoms with Gasteiger partial charge < -0.3 is 14.8 Å². The van der Waals surface area contributed by atoms with Gasteiger partial charge in [-0.25, -0.2) is 8.42 Å². The number of amides is 1. The fraction of sp³-hybridized carbons (Fsp3) is 0.208. The summed E-state index contributed by atoms with van der Waals surface area (Å²) in [5, 5.41) is 3.05. The third-order valence-corrected chi connectivity index (χ3v) is 6.54. The van der Waals surface area contributed by atoms with E-state index in [4.69, 9.17) is 21.1 Å². The Morgan fingerprint density at radius 3 is 2.33 bits per heavy atom. The summed E-state index contributed by atoms with van der Waals surface area (Å²) in [5.74, 6) is 0.507. The van der Waals surface area contributed by atoms with E-state index in [0.717, 1.165) is 5.56 Å². The molecule has 0 spiro atoms. The molecular weight excluding hydrogens is 464 g/mol. The van der Waals surface area contributed by atoms with E-state index in [1.54, 1.807) is 30.3 Å². The predicted octanol–water partition coefficient (Wildman–Crippen LogP) is 4.28. The molecule has 0 heterocycles. The van der Waals surface area contributed by atoms with Gasteiger partial charge in [-0.2, -0.15) is 4.72 Å². The van der Waals surface area contributed by atoms with Crippen LogP contribution in [0.2, 0.25) is 5.02 Å². The Morgan fingerprint density at radius 2 is 1.73 bits per heavy atom. The minimum Gasteiger partial charge on any atom is -0.495 e. The van der Waals surface area contributed by atoms with Crippen molar-refractivity contribution in [3.8, 4) is 11.5 Å². The lowest BCUT2D eigenvalue weighted by Gasteiger charge is -2.19. The van der Waals surface area contributed by atoms with Crippen molar-refractivity contribution in [2.75, 3.05) is 19.0 Å². The molecule has 0 radical (unpaired) electrons. The van der Waals surface area contributed by atoms with E-state index in [9.17, 15) is 13.2 Å². The molecule has 0 aromatic heterocycles. The standard InChI is InChI=1S/C24H25ClN2O5S/c1-3-32-19-10-12-20(13-11-19)33(29,30)27-22(15-17-7-5-4-6-8-17)24(28)26-18-9-14-23(31-2)21(25)16-18/h4-14,16,22,27H,3,15H2,1-2H3,(H,26,28)/t22-/m0/s1. The average Bonchev–Trinajstić information content (AvgIpc) is 2.80. The molecule has 0 saturated carbocycles. The molecule has 1 amide bonds. The highest BCUT2D eigenvalue weighted by Gasteiger charge is 2.26. The Morgan fingerprint density at radius 1 is 1.03 bits per heavy atom. The normalized spacial score (nSPS) is 12.1. The summed E-state index contributed by atoms with van der Waals surface area (Å²) in [6.45, 7) is 2.31. The fourth-order valence-corrected chi connectivity index (χ4v) is 4.60. The zero-order valence-electron chi connectivity index (χ0n) is 18.2. The lowest BCUT2D eigenvalue weighted by molar-refractivity contribution is -0.117. The van der Waals surface area contributed by atoms with Crippen LogP contribution in [0.1, 0.15) is 12.5 Å². The number of methoxy groups -OCH3 is 1. The highest BCUT2D eigenvalue weighted by Crippen LogP contribution is 2.27. The van der Waals surface area contributed by atoms with Crippen LogP contribution in [-0.4, -0.2) is 34.1 Å². The minimum absolute atomic E-state index is 0.0318. The summed E-state index contributed by atoms with van der Waals surface area (Å²) in [7, 11) is -2.49. The van der Waals surface area contributed by atoms with Crippen molar-refractivity contribution >= 4 is 33.2 Å². The van der Waals surface area contributed by atoms with Crippen molar-refractivity contribution < 1.29 is 22.7 Å². The zero-order valence-corrected chi connectivity index (χ0v) is 19.8. The van der Waals surface area contributed by atoms with Crippen molar-refractivity contribution in [2.45, 2.75) is 24.3 Å². The van der Waals surface area contributed by atoms with Crippen LogP contribution >= 0.6 is 11.6 Å². The van der Waals surface area contributed by atoms with Crippen molar-refractivity contribution in [3.05, 3.63) is 83.4 Å². The van der Waals surface area contributed by atoms with E-state index >= 15 is 0 Å². The number of benzene rings is 3. The van der Waals surface area contributed by atoms with Crippen molar-refractivity contribution in [1.29, 1.82) is 0 Å². The maximum absolute atomic E-state index is 13.1. The van der Waals surface area contributed by atoms with Gasteiger partial charge in [0.15, 0.2) is 0 Å². The molecule has 2 N–H and O–H groups in total. The van der Waals surface area contributed by atoms with Crippen LogP contribution in [0.3, 0.4) is 0 Å². The molecule has 0 aliphatic heterocycles. The number of carbonyl (C=O) groups excluding carboxylic acids is 1. The van der Waals surface area contributed by atoms with Gasteiger partial charge in [-0.3, -0.25) is 4.79 Å². The van der Waals surface area contributed by atoms with Gasteiger partial charge in [-0.15, -0.1) is 0 Å². The van der Waals surface area contributed by atoms with E-state index in [2.05, 4.69) is 10.0 Å². The number of hydrogen-bond acceptors (Lipinski definition) is 5. The van der Waals surface area contributed by atoms with Crippen molar-refractivity contribution in [2.24, 2.45) is 0 Å². The average molecular weight is 489 g/mol. The second-order valence-electron chi connectivity index (χ2n) is 7.11. The van der Waals surface area contributed by atoms with E-state index in [0.29, 0.717) is 28.8 Å². The number of nitrogens with one attached hydrogen (secondary N) is 2. The summed E-state index contributed by atoms with van der Waals surface area (Å²) in [6.07, 6.45) is 0.160. The number of anilines is 1. The fourth-order valence-electron chi connectivity index (χ4n) is 3.15. The number of sulfonamides is 1. The maximum Gasteiger partial charge on any atom is 0.242 e. The smallest absolute Gasteiger partial charge is 0.242 e. The summed E-state index contributed by atoms with van der Waals surface area (Å²) in [5.41, 5.74) is 1.23. The molecule has 33 heavy (non-hydrogen) atoms. The van der Waals surface area contributed by atoms with E-state index in [-0.39, 0.29) is 11.3 Å². The summed E-state index contributed by atoms with van der Waals surface area (Å²) >= 11 is 6.15. The van der Waals surface area contributed by atoms with Crippen molar-refractivity contribution in [3.63, 3.8) is 0 Å². The predicted molar refractivity (Wildman–Crippen MR) is 129 cm³/mol. The van der Waals surface area contributed by atoms with Crippen LogP contribution in [0.15, 0.2) is 77.7 Å². The molecule has 0 fully saturated rings. The monoisotopic (exact) mass is 488 g/mol. The third-order valence-electron chi connectivity index (χ3n) is 4.76. The van der Waals surface area contributed by atoms with Gasteiger partial charge in [-0.1, -0.05) is 41.9 Å². The number of hydrogen-bond donors (Lipinski definition) is 2. The highest BCUT2D eigenvalue weighted by atomic mass is 35.5. The van der Waals surface area contributed by atoms with Crippen LogP contribution in [0.5, 0.6) is 11.5 Å². The molecule has 0 unspecified atom stereocenters. The molecule has 0 aliphatic rings. The van der Waals surface area contributed by atoms with Crippen LogP contribution in [-0.2, 0) is 21.2 Å². The van der Waals surface area contributed by atoms with Crippen LogP contribution in [0, 0.1) is 0 Å². The van der Waals surface area contributed by atoms with Crippen LogP contribution in [0.4, 0.5) is 5.69 Å². The SMILES string of the molecule is CCOc1ccc(S(=O)(=O)N[C@@H](Cc2ccccc2)C(=O)Nc2ccc(OC)c(Cl)c2)cc1. The van der Waals surface area contributed by atoms with Crippen molar-refractivity contribution in [1.82, 2.24) is 4.72 Å². The second kappa shape index (κ2) is 11.2. The van der Waals surface area contributed by atoms with E-state index in [1.807, 2.05) is 37.3 Å². The number of halogens is 1. The highest BCUT2D eigenvalue weighted by molar-refractivity contribution is 7.89. The summed E-state index contributed by atoms with van der Waals surface area (Å²) < 4.78 is 39.1. The number of carbonyl (C=O) groups is 1.